The van der Waals surface area contributed by atoms with E-state index in [-0.39, 0.29) is 0 Å². The molecule has 0 bridgehead atoms. The molecule has 0 aliphatic carbocycles. The van der Waals surface area contributed by atoms with Gasteiger partial charge in [0, 0.05) is 13.0 Å². The Morgan fingerprint density at radius 2 is 2.19 bits per heavy atom. The molecule has 0 fully saturated rings. The summed E-state index contributed by atoms with van der Waals surface area (Å²) in [5, 5.41) is 13.8. The number of hydrogen-bond acceptors (Lipinski definition) is 5. The fourth-order valence-corrected chi connectivity index (χ4v) is 3.53. The van der Waals surface area contributed by atoms with Crippen molar-refractivity contribution < 1.29 is 0 Å². The molecule has 2 rings (SSSR count). The number of hydrogen-bond donors (Lipinski definition) is 1. The first kappa shape index (κ1) is 12.2. The number of aromatic nitrogens is 2. The standard InChI is InChI=1S/C10H12BrN3S2/c1-2-12-6-5-9-13-14-10(16-9)7-3-4-8(11)15-7/h3-4,12H,2,5-6H2,1H3. The molecule has 0 spiro atoms. The van der Waals surface area contributed by atoms with Crippen LogP contribution in [-0.2, 0) is 6.42 Å². The van der Waals surface area contributed by atoms with Gasteiger partial charge >= 0.3 is 0 Å². The highest BCUT2D eigenvalue weighted by Crippen LogP contribution is 2.32. The van der Waals surface area contributed by atoms with Gasteiger partial charge in [-0.05, 0) is 34.6 Å². The third-order valence-corrected chi connectivity index (χ3v) is 4.79. The third kappa shape index (κ3) is 3.10. The second kappa shape index (κ2) is 5.86. The summed E-state index contributed by atoms with van der Waals surface area (Å²) < 4.78 is 1.13. The third-order valence-electron chi connectivity index (χ3n) is 2.02. The number of nitrogens with one attached hydrogen (secondary N) is 1. The van der Waals surface area contributed by atoms with E-state index in [4.69, 9.17) is 0 Å². The predicted molar refractivity (Wildman–Crippen MR) is 73.2 cm³/mol. The van der Waals surface area contributed by atoms with Gasteiger partial charge in [0.05, 0.1) is 8.66 Å². The van der Waals surface area contributed by atoms with Gasteiger partial charge in [0.15, 0.2) is 5.01 Å². The first-order valence-corrected chi connectivity index (χ1v) is 7.51. The van der Waals surface area contributed by atoms with Crippen LogP contribution in [0.5, 0.6) is 0 Å². The number of halogens is 1. The Kier molecular flexibility index (Phi) is 4.45. The highest BCUT2D eigenvalue weighted by Gasteiger charge is 2.08. The minimum atomic E-state index is 0.956. The maximum Gasteiger partial charge on any atom is 0.157 e. The Morgan fingerprint density at radius 1 is 1.31 bits per heavy atom. The summed E-state index contributed by atoms with van der Waals surface area (Å²) in [6.45, 7) is 4.08. The van der Waals surface area contributed by atoms with Crippen molar-refractivity contribution in [3.05, 3.63) is 20.9 Å². The molecule has 0 atom stereocenters. The van der Waals surface area contributed by atoms with Gasteiger partial charge in [0.1, 0.15) is 5.01 Å². The molecule has 16 heavy (non-hydrogen) atoms. The highest BCUT2D eigenvalue weighted by atomic mass is 79.9. The topological polar surface area (TPSA) is 37.8 Å². The Labute approximate surface area is 111 Å². The highest BCUT2D eigenvalue weighted by molar-refractivity contribution is 9.11. The summed E-state index contributed by atoms with van der Waals surface area (Å²) in [4.78, 5) is 1.18. The second-order valence-corrected chi connectivity index (χ2v) is 6.73. The van der Waals surface area contributed by atoms with E-state index < -0.39 is 0 Å². The van der Waals surface area contributed by atoms with Crippen molar-refractivity contribution in [1.82, 2.24) is 15.5 Å². The zero-order chi connectivity index (χ0) is 11.4. The summed E-state index contributed by atoms with van der Waals surface area (Å²) in [6.07, 6.45) is 0.956. The van der Waals surface area contributed by atoms with Gasteiger partial charge < -0.3 is 5.32 Å². The lowest BCUT2D eigenvalue weighted by molar-refractivity contribution is 0.710. The van der Waals surface area contributed by atoms with Gasteiger partial charge in [0.2, 0.25) is 0 Å². The molecule has 0 saturated heterocycles. The Morgan fingerprint density at radius 3 is 2.88 bits per heavy atom. The van der Waals surface area contributed by atoms with Gasteiger partial charge in [0.25, 0.3) is 0 Å². The molecule has 0 aromatic carbocycles. The van der Waals surface area contributed by atoms with Crippen LogP contribution in [0.2, 0.25) is 0 Å². The molecule has 0 saturated carbocycles. The first-order valence-electron chi connectivity index (χ1n) is 5.08. The smallest absolute Gasteiger partial charge is 0.157 e. The molecule has 0 amide bonds. The molecular weight excluding hydrogens is 306 g/mol. The van der Waals surface area contributed by atoms with Crippen LogP contribution in [0.25, 0.3) is 9.88 Å². The van der Waals surface area contributed by atoms with Crippen LogP contribution < -0.4 is 5.32 Å². The van der Waals surface area contributed by atoms with Gasteiger partial charge in [-0.1, -0.05) is 18.3 Å². The summed E-state index contributed by atoms with van der Waals surface area (Å²) in [5.74, 6) is 0. The van der Waals surface area contributed by atoms with Crippen molar-refractivity contribution in [1.29, 1.82) is 0 Å². The van der Waals surface area contributed by atoms with E-state index in [9.17, 15) is 0 Å². The molecule has 2 aromatic rings. The zero-order valence-electron chi connectivity index (χ0n) is 8.86. The van der Waals surface area contributed by atoms with Crippen molar-refractivity contribution in [2.24, 2.45) is 0 Å². The summed E-state index contributed by atoms with van der Waals surface area (Å²) in [5.41, 5.74) is 0. The molecule has 0 unspecified atom stereocenters. The van der Waals surface area contributed by atoms with E-state index >= 15 is 0 Å². The molecule has 2 aromatic heterocycles. The van der Waals surface area contributed by atoms with Crippen molar-refractivity contribution in [2.75, 3.05) is 13.1 Å². The molecule has 1 N–H and O–H groups in total. The minimum absolute atomic E-state index is 0.956. The molecule has 86 valence electrons. The van der Waals surface area contributed by atoms with Crippen LogP contribution in [0.3, 0.4) is 0 Å². The zero-order valence-corrected chi connectivity index (χ0v) is 12.1. The fourth-order valence-electron chi connectivity index (χ4n) is 1.26. The van der Waals surface area contributed by atoms with E-state index in [1.807, 2.05) is 6.07 Å². The molecule has 3 nitrogen and oxygen atoms in total. The van der Waals surface area contributed by atoms with E-state index in [0.29, 0.717) is 0 Å². The fraction of sp³-hybridized carbons (Fsp3) is 0.400. The lowest BCUT2D eigenvalue weighted by Gasteiger charge is -1.95. The van der Waals surface area contributed by atoms with E-state index in [1.54, 1.807) is 22.7 Å². The van der Waals surface area contributed by atoms with Crippen molar-refractivity contribution in [3.63, 3.8) is 0 Å². The van der Waals surface area contributed by atoms with Crippen LogP contribution >= 0.6 is 38.6 Å². The number of nitrogens with zero attached hydrogens (tertiary/aromatic N) is 2. The molecule has 6 heteroatoms. The van der Waals surface area contributed by atoms with Crippen molar-refractivity contribution >= 4 is 38.6 Å². The van der Waals surface area contributed by atoms with Crippen LogP contribution in [0.15, 0.2) is 15.9 Å². The largest absolute Gasteiger partial charge is 0.317 e. The second-order valence-electron chi connectivity index (χ2n) is 3.21. The average Bonchev–Trinajstić information content (AvgIpc) is 2.87. The van der Waals surface area contributed by atoms with Crippen LogP contribution in [0.4, 0.5) is 0 Å². The lowest BCUT2D eigenvalue weighted by Crippen LogP contribution is -2.15. The van der Waals surface area contributed by atoms with E-state index in [0.717, 1.165) is 33.3 Å². The molecule has 2 heterocycles. The average molecular weight is 318 g/mol. The Balaban J connectivity index is 2.02. The summed E-state index contributed by atoms with van der Waals surface area (Å²) >= 11 is 6.82. The number of rotatable bonds is 5. The maximum absolute atomic E-state index is 4.21. The lowest BCUT2D eigenvalue weighted by atomic mass is 10.4. The van der Waals surface area contributed by atoms with Crippen molar-refractivity contribution in [3.8, 4) is 9.88 Å². The molecule has 0 aliphatic heterocycles. The first-order chi connectivity index (χ1) is 7.79. The number of likely N-dealkylation sites (N-methyl/N-ethyl adjacent to an activating group) is 1. The van der Waals surface area contributed by atoms with E-state index in [2.05, 4.69) is 44.4 Å². The van der Waals surface area contributed by atoms with Crippen LogP contribution in [0, 0.1) is 0 Å². The van der Waals surface area contributed by atoms with Crippen molar-refractivity contribution in [2.45, 2.75) is 13.3 Å². The van der Waals surface area contributed by atoms with Gasteiger partial charge in [-0.15, -0.1) is 21.5 Å². The molecular formula is C10H12BrN3S2. The van der Waals surface area contributed by atoms with Gasteiger partial charge in [-0.25, -0.2) is 0 Å². The van der Waals surface area contributed by atoms with Crippen LogP contribution in [-0.4, -0.2) is 23.3 Å². The summed E-state index contributed by atoms with van der Waals surface area (Å²) in [6, 6.07) is 4.11. The monoisotopic (exact) mass is 317 g/mol. The van der Waals surface area contributed by atoms with E-state index in [1.165, 1.54) is 4.88 Å². The minimum Gasteiger partial charge on any atom is -0.317 e. The molecule has 0 aliphatic rings. The number of thiophene rings is 1. The molecule has 0 radical (unpaired) electrons. The maximum atomic E-state index is 4.21. The predicted octanol–water partition coefficient (Wildman–Crippen LogP) is 3.18. The van der Waals surface area contributed by atoms with Gasteiger partial charge in [-0.2, -0.15) is 0 Å². The normalized spacial score (nSPS) is 10.9. The Bertz CT molecular complexity index is 452. The SMILES string of the molecule is CCNCCc1nnc(-c2ccc(Br)s2)s1. The quantitative estimate of drug-likeness (QED) is 0.861. The Hall–Kier alpha value is -0.300. The summed E-state index contributed by atoms with van der Waals surface area (Å²) in [7, 11) is 0. The van der Waals surface area contributed by atoms with Gasteiger partial charge in [-0.3, -0.25) is 0 Å². The van der Waals surface area contributed by atoms with Crippen LogP contribution in [0.1, 0.15) is 11.9 Å².